The second-order valence-electron chi connectivity index (χ2n) is 2.76. The first-order chi connectivity index (χ1) is 5.79. The lowest BCUT2D eigenvalue weighted by atomic mass is 10.4. The number of hydrogen-bond donors (Lipinski definition) is 1. The van der Waals surface area contributed by atoms with Gasteiger partial charge in [0.25, 0.3) is 5.22 Å². The molecule has 0 aliphatic heterocycles. The monoisotopic (exact) mass is 186 g/mol. The third-order valence-corrected chi connectivity index (χ3v) is 2.15. The van der Waals surface area contributed by atoms with E-state index < -0.39 is 0 Å². The van der Waals surface area contributed by atoms with E-state index in [1.54, 1.807) is 24.2 Å². The average Bonchev–Trinajstić information content (AvgIpc) is 2.49. The van der Waals surface area contributed by atoms with Gasteiger partial charge in [-0.25, -0.2) is 4.98 Å². The first-order valence-electron chi connectivity index (χ1n) is 4.04. The van der Waals surface area contributed by atoms with E-state index in [-0.39, 0.29) is 0 Å². The fraction of sp³-hybridized carbons (Fsp3) is 0.625. The Bertz CT molecular complexity index is 199. The molecule has 1 N–H and O–H groups in total. The van der Waals surface area contributed by atoms with Gasteiger partial charge in [-0.1, -0.05) is 25.6 Å². The Morgan fingerprint density at radius 3 is 3.08 bits per heavy atom. The summed E-state index contributed by atoms with van der Waals surface area (Å²) in [5.41, 5.74) is 0. The lowest BCUT2D eigenvalue weighted by molar-refractivity contribution is 0.454. The lowest BCUT2D eigenvalue weighted by Crippen LogP contribution is -2.24. The van der Waals surface area contributed by atoms with Crippen molar-refractivity contribution in [1.29, 1.82) is 0 Å². The molecular formula is C8H14N2OS. The second kappa shape index (κ2) is 5.22. The van der Waals surface area contributed by atoms with E-state index in [2.05, 4.69) is 24.1 Å². The quantitative estimate of drug-likeness (QED) is 0.562. The van der Waals surface area contributed by atoms with E-state index >= 15 is 0 Å². The van der Waals surface area contributed by atoms with Crippen molar-refractivity contribution in [2.45, 2.75) is 25.1 Å². The zero-order chi connectivity index (χ0) is 8.81. The molecule has 0 aliphatic rings. The molecule has 1 heterocycles. The van der Waals surface area contributed by atoms with Gasteiger partial charge in [-0.2, -0.15) is 0 Å². The fourth-order valence-electron chi connectivity index (χ4n) is 0.768. The van der Waals surface area contributed by atoms with Gasteiger partial charge in [0.2, 0.25) is 0 Å². The molecule has 0 saturated heterocycles. The molecule has 0 atom stereocenters. The molecule has 0 saturated carbocycles. The molecule has 0 aliphatic carbocycles. The van der Waals surface area contributed by atoms with Gasteiger partial charge in [0.15, 0.2) is 0 Å². The van der Waals surface area contributed by atoms with Gasteiger partial charge in [0.05, 0.1) is 6.20 Å². The Kier molecular flexibility index (Phi) is 4.18. The Morgan fingerprint density at radius 2 is 2.50 bits per heavy atom. The van der Waals surface area contributed by atoms with Crippen molar-refractivity contribution in [3.63, 3.8) is 0 Å². The molecule has 12 heavy (non-hydrogen) atoms. The topological polar surface area (TPSA) is 38.1 Å². The van der Waals surface area contributed by atoms with Crippen molar-refractivity contribution in [3.8, 4) is 0 Å². The number of thioether (sulfide) groups is 1. The van der Waals surface area contributed by atoms with Crippen LogP contribution in [0, 0.1) is 0 Å². The van der Waals surface area contributed by atoms with Gasteiger partial charge in [-0.15, -0.1) is 0 Å². The maximum absolute atomic E-state index is 5.06. The average molecular weight is 186 g/mol. The number of hydrogen-bond acceptors (Lipinski definition) is 4. The van der Waals surface area contributed by atoms with Crippen LogP contribution in [0.1, 0.15) is 13.8 Å². The smallest absolute Gasteiger partial charge is 0.255 e. The van der Waals surface area contributed by atoms with Crippen LogP contribution in [0.3, 0.4) is 0 Å². The van der Waals surface area contributed by atoms with Crippen LogP contribution in [0.2, 0.25) is 0 Å². The molecular weight excluding hydrogens is 172 g/mol. The van der Waals surface area contributed by atoms with Gasteiger partial charge in [0.1, 0.15) is 6.26 Å². The first kappa shape index (κ1) is 9.61. The number of nitrogens with one attached hydrogen (secondary N) is 1. The SMILES string of the molecule is CC(C)NCCSc1ncco1. The van der Waals surface area contributed by atoms with Crippen molar-refractivity contribution >= 4 is 11.8 Å². The van der Waals surface area contributed by atoms with Crippen LogP contribution in [-0.4, -0.2) is 23.3 Å². The van der Waals surface area contributed by atoms with Gasteiger partial charge in [-0.05, 0) is 0 Å². The maximum atomic E-state index is 5.06. The molecule has 0 aromatic carbocycles. The highest BCUT2D eigenvalue weighted by Gasteiger charge is 1.97. The normalized spacial score (nSPS) is 10.9. The Hall–Kier alpha value is -0.480. The predicted octanol–water partition coefficient (Wildman–Crippen LogP) is 1.76. The van der Waals surface area contributed by atoms with Crippen LogP contribution < -0.4 is 5.32 Å². The summed E-state index contributed by atoms with van der Waals surface area (Å²) in [6.45, 7) is 5.26. The molecule has 0 radical (unpaired) electrons. The van der Waals surface area contributed by atoms with Gasteiger partial charge in [-0.3, -0.25) is 0 Å². The summed E-state index contributed by atoms with van der Waals surface area (Å²) in [4.78, 5) is 4.00. The number of nitrogens with zero attached hydrogens (tertiary/aromatic N) is 1. The minimum atomic E-state index is 0.551. The highest BCUT2D eigenvalue weighted by atomic mass is 32.2. The van der Waals surface area contributed by atoms with Crippen LogP contribution in [0.4, 0.5) is 0 Å². The van der Waals surface area contributed by atoms with Crippen molar-refractivity contribution in [1.82, 2.24) is 10.3 Å². The Balaban J connectivity index is 2.04. The molecule has 4 heteroatoms. The maximum Gasteiger partial charge on any atom is 0.255 e. The molecule has 1 aromatic rings. The van der Waals surface area contributed by atoms with Crippen LogP contribution in [0.15, 0.2) is 22.1 Å². The number of rotatable bonds is 5. The third kappa shape index (κ3) is 3.78. The van der Waals surface area contributed by atoms with E-state index in [0.717, 1.165) is 17.5 Å². The molecule has 0 unspecified atom stereocenters. The summed E-state index contributed by atoms with van der Waals surface area (Å²) in [6.07, 6.45) is 3.26. The van der Waals surface area contributed by atoms with Crippen molar-refractivity contribution in [3.05, 3.63) is 12.5 Å². The molecule has 1 aromatic heterocycles. The molecule has 68 valence electrons. The van der Waals surface area contributed by atoms with Gasteiger partial charge >= 0.3 is 0 Å². The van der Waals surface area contributed by atoms with Crippen LogP contribution in [-0.2, 0) is 0 Å². The summed E-state index contributed by atoms with van der Waals surface area (Å²) < 4.78 is 5.06. The first-order valence-corrected chi connectivity index (χ1v) is 5.03. The van der Waals surface area contributed by atoms with Gasteiger partial charge in [0, 0.05) is 18.3 Å². The minimum Gasteiger partial charge on any atom is -0.440 e. The van der Waals surface area contributed by atoms with E-state index in [1.807, 2.05) is 0 Å². The van der Waals surface area contributed by atoms with Crippen molar-refractivity contribution in [2.24, 2.45) is 0 Å². The highest BCUT2D eigenvalue weighted by molar-refractivity contribution is 7.99. The lowest BCUT2D eigenvalue weighted by Gasteiger charge is -2.05. The van der Waals surface area contributed by atoms with E-state index in [0.29, 0.717) is 6.04 Å². The fourth-order valence-corrected chi connectivity index (χ4v) is 1.42. The van der Waals surface area contributed by atoms with Crippen molar-refractivity contribution < 1.29 is 4.42 Å². The summed E-state index contributed by atoms with van der Waals surface area (Å²) in [5.74, 6) is 0.999. The number of aromatic nitrogens is 1. The number of oxazole rings is 1. The van der Waals surface area contributed by atoms with Gasteiger partial charge < -0.3 is 9.73 Å². The molecule has 0 bridgehead atoms. The standard InChI is InChI=1S/C8H14N2OS/c1-7(2)9-4-6-12-8-10-3-5-11-8/h3,5,7,9H,4,6H2,1-2H3. The molecule has 1 rings (SSSR count). The minimum absolute atomic E-state index is 0.551. The van der Waals surface area contributed by atoms with Crippen LogP contribution in [0.5, 0.6) is 0 Å². The van der Waals surface area contributed by atoms with Crippen LogP contribution >= 0.6 is 11.8 Å². The predicted molar refractivity (Wildman–Crippen MR) is 50.4 cm³/mol. The van der Waals surface area contributed by atoms with E-state index in [1.165, 1.54) is 0 Å². The molecule has 3 nitrogen and oxygen atoms in total. The summed E-state index contributed by atoms with van der Waals surface area (Å²) in [7, 11) is 0. The molecule has 0 fully saturated rings. The largest absolute Gasteiger partial charge is 0.440 e. The van der Waals surface area contributed by atoms with E-state index in [9.17, 15) is 0 Å². The summed E-state index contributed by atoms with van der Waals surface area (Å²) in [6, 6.07) is 0.551. The van der Waals surface area contributed by atoms with Crippen molar-refractivity contribution in [2.75, 3.05) is 12.3 Å². The Morgan fingerprint density at radius 1 is 1.67 bits per heavy atom. The zero-order valence-corrected chi connectivity index (χ0v) is 8.23. The van der Waals surface area contributed by atoms with E-state index in [4.69, 9.17) is 4.42 Å². The summed E-state index contributed by atoms with van der Waals surface area (Å²) in [5, 5.41) is 4.07. The molecule has 0 spiro atoms. The molecule has 0 amide bonds. The highest BCUT2D eigenvalue weighted by Crippen LogP contribution is 2.13. The third-order valence-electron chi connectivity index (χ3n) is 1.29. The zero-order valence-electron chi connectivity index (χ0n) is 7.41. The summed E-state index contributed by atoms with van der Waals surface area (Å²) >= 11 is 1.63. The Labute approximate surface area is 76.9 Å². The van der Waals surface area contributed by atoms with Crippen LogP contribution in [0.25, 0.3) is 0 Å². The second-order valence-corrected chi connectivity index (χ2v) is 3.80.